The Labute approximate surface area is 116 Å². The van der Waals surface area contributed by atoms with Gasteiger partial charge in [0.15, 0.2) is 0 Å². The molecule has 5 heteroatoms. The van der Waals surface area contributed by atoms with E-state index in [0.29, 0.717) is 12.1 Å². The third-order valence-electron chi connectivity index (χ3n) is 4.01. The van der Waals surface area contributed by atoms with Gasteiger partial charge in [0.2, 0.25) is 0 Å². The summed E-state index contributed by atoms with van der Waals surface area (Å²) >= 11 is 3.54. The largest absolute Gasteiger partial charge is 0.322 e. The third kappa shape index (κ3) is 2.26. The number of thiophene rings is 1. The summed E-state index contributed by atoms with van der Waals surface area (Å²) < 4.78 is 0. The lowest BCUT2D eigenvalue weighted by atomic mass is 10.0. The van der Waals surface area contributed by atoms with Gasteiger partial charge in [-0.2, -0.15) is 11.8 Å². The molecule has 1 aromatic heterocycles. The second kappa shape index (κ2) is 5.13. The monoisotopic (exact) mass is 282 g/mol. The quantitative estimate of drug-likeness (QED) is 0.898. The maximum atomic E-state index is 12.3. The summed E-state index contributed by atoms with van der Waals surface area (Å²) in [4.78, 5) is 14.4. The van der Waals surface area contributed by atoms with Crippen LogP contribution in [0, 0.1) is 0 Å². The molecule has 2 saturated heterocycles. The summed E-state index contributed by atoms with van der Waals surface area (Å²) in [7, 11) is 0. The van der Waals surface area contributed by atoms with E-state index in [1.54, 1.807) is 11.3 Å². The van der Waals surface area contributed by atoms with E-state index >= 15 is 0 Å². The van der Waals surface area contributed by atoms with Crippen LogP contribution in [-0.2, 0) is 0 Å². The number of carbonyl (C=O) groups is 1. The summed E-state index contributed by atoms with van der Waals surface area (Å²) in [5, 5.41) is 6.71. The average molecular weight is 282 g/mol. The molecule has 2 atom stereocenters. The van der Waals surface area contributed by atoms with Gasteiger partial charge in [-0.3, -0.25) is 5.32 Å². The number of amides is 2. The summed E-state index contributed by atoms with van der Waals surface area (Å²) in [6, 6.07) is 4.94. The molecule has 3 nitrogen and oxygen atoms in total. The Morgan fingerprint density at radius 2 is 2.17 bits per heavy atom. The molecule has 0 aliphatic carbocycles. The minimum atomic E-state index is 0.101. The molecule has 2 fully saturated rings. The van der Waals surface area contributed by atoms with Gasteiger partial charge >= 0.3 is 6.03 Å². The second-order valence-corrected chi connectivity index (χ2v) is 7.11. The Morgan fingerprint density at radius 1 is 1.44 bits per heavy atom. The highest BCUT2D eigenvalue weighted by molar-refractivity contribution is 7.99. The molecular weight excluding hydrogens is 264 g/mol. The van der Waals surface area contributed by atoms with Crippen molar-refractivity contribution in [2.24, 2.45) is 0 Å². The van der Waals surface area contributed by atoms with Crippen LogP contribution in [0.3, 0.4) is 0 Å². The number of nitrogens with zero attached hydrogens (tertiary/aromatic N) is 1. The van der Waals surface area contributed by atoms with Crippen LogP contribution in [0.15, 0.2) is 17.5 Å². The van der Waals surface area contributed by atoms with E-state index in [9.17, 15) is 4.79 Å². The molecule has 98 valence electrons. The molecule has 0 radical (unpaired) electrons. The van der Waals surface area contributed by atoms with Crippen LogP contribution in [0.1, 0.15) is 25.7 Å². The molecule has 1 aromatic rings. The van der Waals surface area contributed by atoms with E-state index < -0.39 is 0 Å². The molecule has 3 heterocycles. The van der Waals surface area contributed by atoms with Crippen molar-refractivity contribution in [3.05, 3.63) is 17.5 Å². The van der Waals surface area contributed by atoms with Crippen LogP contribution in [0.4, 0.5) is 9.80 Å². The maximum absolute atomic E-state index is 12.3. The molecule has 3 rings (SSSR count). The van der Waals surface area contributed by atoms with Crippen molar-refractivity contribution in [3.8, 4) is 0 Å². The topological polar surface area (TPSA) is 32.3 Å². The van der Waals surface area contributed by atoms with Crippen molar-refractivity contribution in [1.82, 2.24) is 4.90 Å². The fourth-order valence-corrected chi connectivity index (χ4v) is 4.61. The van der Waals surface area contributed by atoms with Crippen molar-refractivity contribution in [2.45, 2.75) is 43.0 Å². The number of piperidine rings is 1. The van der Waals surface area contributed by atoms with E-state index in [2.05, 4.69) is 16.5 Å². The van der Waals surface area contributed by atoms with Gasteiger partial charge in [-0.05, 0) is 49.5 Å². The van der Waals surface area contributed by atoms with Crippen molar-refractivity contribution in [3.63, 3.8) is 0 Å². The Hall–Kier alpha value is -0.680. The molecule has 1 N–H and O–H groups in total. The van der Waals surface area contributed by atoms with Gasteiger partial charge in [0.25, 0.3) is 0 Å². The molecule has 0 aromatic carbocycles. The lowest BCUT2D eigenvalue weighted by Crippen LogP contribution is -2.49. The van der Waals surface area contributed by atoms with Crippen molar-refractivity contribution in [2.75, 3.05) is 11.6 Å². The predicted molar refractivity (Wildman–Crippen MR) is 78.5 cm³/mol. The molecule has 2 aliphatic heterocycles. The molecule has 0 spiro atoms. The zero-order valence-electron chi connectivity index (χ0n) is 10.5. The van der Waals surface area contributed by atoms with Crippen molar-refractivity contribution >= 4 is 34.1 Å². The number of rotatable bonds is 2. The lowest BCUT2D eigenvalue weighted by Gasteiger charge is -2.38. The predicted octanol–water partition coefficient (Wildman–Crippen LogP) is 3.64. The highest BCUT2D eigenvalue weighted by Crippen LogP contribution is 2.39. The SMILES string of the molecule is CSC1CC2CCC(C1)N2C(=O)Nc1cccs1. The van der Waals surface area contributed by atoms with Gasteiger partial charge in [-0.1, -0.05) is 0 Å². The number of anilines is 1. The van der Waals surface area contributed by atoms with E-state index in [4.69, 9.17) is 0 Å². The highest BCUT2D eigenvalue weighted by atomic mass is 32.2. The Morgan fingerprint density at radius 3 is 2.72 bits per heavy atom. The summed E-state index contributed by atoms with van der Waals surface area (Å²) in [6.45, 7) is 0. The van der Waals surface area contributed by atoms with Crippen LogP contribution in [0.25, 0.3) is 0 Å². The van der Waals surface area contributed by atoms with Crippen molar-refractivity contribution < 1.29 is 4.79 Å². The van der Waals surface area contributed by atoms with Gasteiger partial charge in [0.1, 0.15) is 0 Å². The van der Waals surface area contributed by atoms with Crippen LogP contribution in [0.2, 0.25) is 0 Å². The molecular formula is C13H18N2OS2. The number of urea groups is 1. The highest BCUT2D eigenvalue weighted by Gasteiger charge is 2.43. The van der Waals surface area contributed by atoms with Gasteiger partial charge in [-0.25, -0.2) is 4.79 Å². The molecule has 2 aliphatic rings. The first kappa shape index (κ1) is 12.4. The molecule has 2 amide bonds. The number of hydrogen-bond donors (Lipinski definition) is 1. The van der Waals surface area contributed by atoms with Gasteiger partial charge in [0, 0.05) is 17.3 Å². The number of nitrogens with one attached hydrogen (secondary N) is 1. The van der Waals surface area contributed by atoms with E-state index in [1.165, 1.54) is 12.8 Å². The van der Waals surface area contributed by atoms with E-state index in [1.807, 2.05) is 29.3 Å². The van der Waals surface area contributed by atoms with Crippen LogP contribution in [0.5, 0.6) is 0 Å². The van der Waals surface area contributed by atoms with Gasteiger partial charge < -0.3 is 4.90 Å². The minimum Gasteiger partial charge on any atom is -0.318 e. The van der Waals surface area contributed by atoms with E-state index in [-0.39, 0.29) is 6.03 Å². The first-order valence-electron chi connectivity index (χ1n) is 6.43. The fraction of sp³-hybridized carbons (Fsp3) is 0.615. The van der Waals surface area contributed by atoms with Crippen molar-refractivity contribution in [1.29, 1.82) is 0 Å². The molecule has 0 saturated carbocycles. The molecule has 2 unspecified atom stereocenters. The number of carbonyl (C=O) groups excluding carboxylic acids is 1. The smallest absolute Gasteiger partial charge is 0.318 e. The summed E-state index contributed by atoms with van der Waals surface area (Å²) in [6.07, 6.45) is 6.87. The average Bonchev–Trinajstić information content (AvgIpc) is 2.95. The zero-order valence-corrected chi connectivity index (χ0v) is 12.1. The number of hydrogen-bond acceptors (Lipinski definition) is 3. The third-order valence-corrected chi connectivity index (χ3v) is 5.85. The fourth-order valence-electron chi connectivity index (χ4n) is 3.17. The lowest BCUT2D eigenvalue weighted by molar-refractivity contribution is 0.161. The van der Waals surface area contributed by atoms with Crippen LogP contribution >= 0.6 is 23.1 Å². The van der Waals surface area contributed by atoms with Gasteiger partial charge in [0.05, 0.1) is 5.00 Å². The van der Waals surface area contributed by atoms with Crippen LogP contribution < -0.4 is 5.32 Å². The Balaban J connectivity index is 1.68. The second-order valence-electron chi connectivity index (χ2n) is 5.03. The zero-order chi connectivity index (χ0) is 12.5. The van der Waals surface area contributed by atoms with E-state index in [0.717, 1.165) is 23.1 Å². The van der Waals surface area contributed by atoms with Gasteiger partial charge in [-0.15, -0.1) is 11.3 Å². The standard InChI is InChI=1S/C13H18N2OS2/c1-17-11-7-9-4-5-10(8-11)15(9)13(16)14-12-3-2-6-18-12/h2-3,6,9-11H,4-5,7-8H2,1H3,(H,14,16). The van der Waals surface area contributed by atoms with Crippen LogP contribution in [-0.4, -0.2) is 34.5 Å². The molecule has 2 bridgehead atoms. The maximum Gasteiger partial charge on any atom is 0.322 e. The normalized spacial score (nSPS) is 30.5. The number of fused-ring (bicyclic) bond motifs is 2. The Kier molecular flexibility index (Phi) is 3.52. The minimum absolute atomic E-state index is 0.101. The first-order chi connectivity index (χ1) is 8.78. The first-order valence-corrected chi connectivity index (χ1v) is 8.60. The number of thioether (sulfide) groups is 1. The molecule has 18 heavy (non-hydrogen) atoms. The summed E-state index contributed by atoms with van der Waals surface area (Å²) in [5.74, 6) is 0. The Bertz CT molecular complexity index is 407. The summed E-state index contributed by atoms with van der Waals surface area (Å²) in [5.41, 5.74) is 0.